The van der Waals surface area contributed by atoms with Crippen molar-refractivity contribution in [2.45, 2.75) is 38.6 Å². The van der Waals surface area contributed by atoms with E-state index in [0.717, 1.165) is 25.6 Å². The van der Waals surface area contributed by atoms with Crippen LogP contribution in [0.25, 0.3) is 0 Å². The highest BCUT2D eigenvalue weighted by Crippen LogP contribution is 2.27. The summed E-state index contributed by atoms with van der Waals surface area (Å²) in [4.78, 5) is 2.37. The standard InChI is InChI=1S/C16H24F2N2/c1-12-4-3-7-20(10-12)16(2,11-19)9-13-5-6-14(17)8-15(13)18/h5-6,8,12H,3-4,7,9-11,19H2,1-2H3. The molecule has 0 aliphatic carbocycles. The molecule has 1 aliphatic rings. The van der Waals surface area contributed by atoms with Gasteiger partial charge in [-0.3, -0.25) is 4.90 Å². The lowest BCUT2D eigenvalue weighted by Crippen LogP contribution is -2.56. The second-order valence-corrected chi connectivity index (χ2v) is 6.31. The molecule has 4 heteroatoms. The Bertz CT molecular complexity index is 464. The Labute approximate surface area is 120 Å². The van der Waals surface area contributed by atoms with Gasteiger partial charge in [-0.1, -0.05) is 13.0 Å². The summed E-state index contributed by atoms with van der Waals surface area (Å²) in [7, 11) is 0. The van der Waals surface area contributed by atoms with E-state index in [0.29, 0.717) is 24.4 Å². The smallest absolute Gasteiger partial charge is 0.129 e. The summed E-state index contributed by atoms with van der Waals surface area (Å²) in [6.07, 6.45) is 2.91. The molecule has 0 spiro atoms. The van der Waals surface area contributed by atoms with Gasteiger partial charge in [0.2, 0.25) is 0 Å². The maximum atomic E-state index is 13.9. The molecule has 0 saturated carbocycles. The Morgan fingerprint density at radius 3 is 2.75 bits per heavy atom. The first kappa shape index (κ1) is 15.4. The summed E-state index contributed by atoms with van der Waals surface area (Å²) in [6.45, 7) is 6.78. The first-order valence-corrected chi connectivity index (χ1v) is 7.33. The molecule has 0 amide bonds. The summed E-state index contributed by atoms with van der Waals surface area (Å²) in [5, 5.41) is 0. The van der Waals surface area contributed by atoms with Gasteiger partial charge in [0.25, 0.3) is 0 Å². The molecule has 2 unspecified atom stereocenters. The van der Waals surface area contributed by atoms with E-state index >= 15 is 0 Å². The van der Waals surface area contributed by atoms with Gasteiger partial charge < -0.3 is 5.73 Å². The van der Waals surface area contributed by atoms with Crippen molar-refractivity contribution < 1.29 is 8.78 Å². The van der Waals surface area contributed by atoms with Crippen molar-refractivity contribution in [3.05, 3.63) is 35.4 Å². The van der Waals surface area contributed by atoms with E-state index in [1.165, 1.54) is 18.6 Å². The summed E-state index contributed by atoms with van der Waals surface area (Å²) < 4.78 is 26.9. The second kappa shape index (κ2) is 6.19. The van der Waals surface area contributed by atoms with Crippen LogP contribution >= 0.6 is 0 Å². The minimum Gasteiger partial charge on any atom is -0.329 e. The maximum Gasteiger partial charge on any atom is 0.129 e. The SMILES string of the molecule is CC1CCCN(C(C)(CN)Cc2ccc(F)cc2F)C1. The third kappa shape index (κ3) is 3.36. The number of nitrogens with zero attached hydrogens (tertiary/aromatic N) is 1. The van der Waals surface area contributed by atoms with Crippen molar-refractivity contribution in [3.63, 3.8) is 0 Å². The predicted octanol–water partition coefficient (Wildman–Crippen LogP) is 2.96. The average Bonchev–Trinajstić information content (AvgIpc) is 2.42. The van der Waals surface area contributed by atoms with Crippen molar-refractivity contribution in [1.82, 2.24) is 4.90 Å². The van der Waals surface area contributed by atoms with E-state index in [9.17, 15) is 8.78 Å². The van der Waals surface area contributed by atoms with Crippen LogP contribution in [0.5, 0.6) is 0 Å². The van der Waals surface area contributed by atoms with E-state index in [1.54, 1.807) is 0 Å². The van der Waals surface area contributed by atoms with Crippen LogP contribution in [0, 0.1) is 17.6 Å². The maximum absolute atomic E-state index is 13.9. The molecule has 2 rings (SSSR count). The number of piperidine rings is 1. The minimum atomic E-state index is -0.535. The molecule has 0 aromatic heterocycles. The molecule has 2 atom stereocenters. The Kier molecular flexibility index (Phi) is 4.76. The molecule has 20 heavy (non-hydrogen) atoms. The molecule has 2 nitrogen and oxygen atoms in total. The zero-order chi connectivity index (χ0) is 14.8. The average molecular weight is 282 g/mol. The van der Waals surface area contributed by atoms with Crippen LogP contribution in [0.2, 0.25) is 0 Å². The Balaban J connectivity index is 2.17. The molecular weight excluding hydrogens is 258 g/mol. The van der Waals surface area contributed by atoms with Crippen molar-refractivity contribution in [2.24, 2.45) is 11.7 Å². The monoisotopic (exact) mass is 282 g/mol. The largest absolute Gasteiger partial charge is 0.329 e. The van der Waals surface area contributed by atoms with Gasteiger partial charge in [-0.2, -0.15) is 0 Å². The highest BCUT2D eigenvalue weighted by atomic mass is 19.1. The third-order valence-electron chi connectivity index (χ3n) is 4.45. The number of rotatable bonds is 4. The quantitative estimate of drug-likeness (QED) is 0.920. The molecule has 1 fully saturated rings. The lowest BCUT2D eigenvalue weighted by Gasteiger charge is -2.45. The van der Waals surface area contributed by atoms with Gasteiger partial charge >= 0.3 is 0 Å². The molecule has 2 N–H and O–H groups in total. The highest BCUT2D eigenvalue weighted by Gasteiger charge is 2.34. The minimum absolute atomic E-state index is 0.270. The normalized spacial score (nSPS) is 23.6. The molecule has 1 aromatic rings. The van der Waals surface area contributed by atoms with Crippen LogP contribution in [0.4, 0.5) is 8.78 Å². The van der Waals surface area contributed by atoms with E-state index in [4.69, 9.17) is 5.73 Å². The number of benzene rings is 1. The van der Waals surface area contributed by atoms with Crippen LogP contribution in [0.15, 0.2) is 18.2 Å². The van der Waals surface area contributed by atoms with Crippen molar-refractivity contribution in [2.75, 3.05) is 19.6 Å². The van der Waals surface area contributed by atoms with Crippen LogP contribution in [0.1, 0.15) is 32.3 Å². The number of hydrogen-bond donors (Lipinski definition) is 1. The van der Waals surface area contributed by atoms with Crippen LogP contribution in [-0.4, -0.2) is 30.1 Å². The number of halogens is 2. The van der Waals surface area contributed by atoms with Gasteiger partial charge in [0.1, 0.15) is 11.6 Å². The van der Waals surface area contributed by atoms with E-state index < -0.39 is 11.6 Å². The summed E-state index contributed by atoms with van der Waals surface area (Å²) in [5.74, 6) is -0.366. The Morgan fingerprint density at radius 1 is 1.40 bits per heavy atom. The van der Waals surface area contributed by atoms with E-state index in [-0.39, 0.29) is 5.54 Å². The van der Waals surface area contributed by atoms with Gasteiger partial charge in [0.05, 0.1) is 0 Å². The van der Waals surface area contributed by atoms with Crippen molar-refractivity contribution in [1.29, 1.82) is 0 Å². The van der Waals surface area contributed by atoms with Crippen molar-refractivity contribution >= 4 is 0 Å². The molecule has 112 valence electrons. The second-order valence-electron chi connectivity index (χ2n) is 6.31. The predicted molar refractivity (Wildman–Crippen MR) is 77.5 cm³/mol. The fraction of sp³-hybridized carbons (Fsp3) is 0.625. The Morgan fingerprint density at radius 2 is 2.15 bits per heavy atom. The molecular formula is C16H24F2N2. The highest BCUT2D eigenvalue weighted by molar-refractivity contribution is 5.21. The lowest BCUT2D eigenvalue weighted by atomic mass is 9.87. The topological polar surface area (TPSA) is 29.3 Å². The zero-order valence-corrected chi connectivity index (χ0v) is 12.3. The number of hydrogen-bond acceptors (Lipinski definition) is 2. The van der Waals surface area contributed by atoms with Gasteiger partial charge in [-0.25, -0.2) is 8.78 Å². The molecule has 1 aliphatic heterocycles. The van der Waals surface area contributed by atoms with Gasteiger partial charge in [0, 0.05) is 24.7 Å². The number of nitrogens with two attached hydrogens (primary N) is 1. The summed E-state index contributed by atoms with van der Waals surface area (Å²) in [5.41, 5.74) is 6.24. The van der Waals surface area contributed by atoms with Gasteiger partial charge in [-0.05, 0) is 50.3 Å². The van der Waals surface area contributed by atoms with E-state index in [2.05, 4.69) is 18.7 Å². The van der Waals surface area contributed by atoms with Crippen LogP contribution < -0.4 is 5.73 Å². The molecule has 0 bridgehead atoms. The van der Waals surface area contributed by atoms with Gasteiger partial charge in [-0.15, -0.1) is 0 Å². The molecule has 1 aromatic carbocycles. The van der Waals surface area contributed by atoms with Crippen LogP contribution in [-0.2, 0) is 6.42 Å². The first-order chi connectivity index (χ1) is 9.44. The van der Waals surface area contributed by atoms with Crippen molar-refractivity contribution in [3.8, 4) is 0 Å². The summed E-state index contributed by atoms with van der Waals surface area (Å²) >= 11 is 0. The Hall–Kier alpha value is -1.00. The van der Waals surface area contributed by atoms with Gasteiger partial charge in [0.15, 0.2) is 0 Å². The number of likely N-dealkylation sites (tertiary alicyclic amines) is 1. The lowest BCUT2D eigenvalue weighted by molar-refractivity contribution is 0.0635. The molecule has 1 heterocycles. The first-order valence-electron chi connectivity index (χ1n) is 7.33. The zero-order valence-electron chi connectivity index (χ0n) is 12.3. The summed E-state index contributed by atoms with van der Waals surface area (Å²) in [6, 6.07) is 3.80. The third-order valence-corrected chi connectivity index (χ3v) is 4.45. The molecule has 0 radical (unpaired) electrons. The molecule has 1 saturated heterocycles. The van der Waals surface area contributed by atoms with Crippen LogP contribution in [0.3, 0.4) is 0 Å². The fourth-order valence-electron chi connectivity index (χ4n) is 3.07. The van der Waals surface area contributed by atoms with E-state index in [1.807, 2.05) is 0 Å². The fourth-order valence-corrected chi connectivity index (χ4v) is 3.07.